The SMILES string of the molecule is C=CCOCC[C@H](C)Oc1cc([C@@H](C(=O)N2CCCC[C@H]2C(=O)O[C@@H](CC=C)COCc2ccc(OC)cc2)C2CCCCC2)cc(OC)c1OC. The number of benzene rings is 2. The van der Waals surface area contributed by atoms with E-state index in [0.29, 0.717) is 62.9 Å². The zero-order valence-electron chi connectivity index (χ0n) is 31.6. The molecule has 2 aromatic carbocycles. The normalized spacial score (nSPS) is 18.1. The summed E-state index contributed by atoms with van der Waals surface area (Å²) in [6.45, 7) is 11.6. The molecule has 1 saturated carbocycles. The Morgan fingerprint density at radius 3 is 2.29 bits per heavy atom. The van der Waals surface area contributed by atoms with E-state index in [1.54, 1.807) is 38.4 Å². The number of amides is 1. The van der Waals surface area contributed by atoms with Crippen LogP contribution in [0.2, 0.25) is 0 Å². The van der Waals surface area contributed by atoms with Crippen LogP contribution < -0.4 is 18.9 Å². The van der Waals surface area contributed by atoms with Gasteiger partial charge < -0.3 is 38.1 Å². The van der Waals surface area contributed by atoms with Gasteiger partial charge >= 0.3 is 5.97 Å². The first-order valence-electron chi connectivity index (χ1n) is 18.8. The first-order chi connectivity index (χ1) is 25.3. The summed E-state index contributed by atoms with van der Waals surface area (Å²) in [5.74, 6) is 1.41. The lowest BCUT2D eigenvalue weighted by Crippen LogP contribution is -2.52. The highest BCUT2D eigenvalue weighted by Crippen LogP contribution is 2.45. The average molecular weight is 722 g/mol. The lowest BCUT2D eigenvalue weighted by Gasteiger charge is -2.39. The number of esters is 1. The first-order valence-corrected chi connectivity index (χ1v) is 18.8. The Hall–Kier alpha value is -4.02. The van der Waals surface area contributed by atoms with Crippen LogP contribution in [0.5, 0.6) is 23.0 Å². The van der Waals surface area contributed by atoms with Crippen molar-refractivity contribution in [1.82, 2.24) is 4.90 Å². The van der Waals surface area contributed by atoms with Crippen LogP contribution in [-0.4, -0.2) is 82.7 Å². The molecular formula is C42H59NO9. The van der Waals surface area contributed by atoms with Gasteiger partial charge in [0.2, 0.25) is 11.7 Å². The summed E-state index contributed by atoms with van der Waals surface area (Å²) >= 11 is 0. The smallest absolute Gasteiger partial charge is 0.329 e. The molecule has 1 aliphatic carbocycles. The Bertz CT molecular complexity index is 1420. The van der Waals surface area contributed by atoms with Crippen LogP contribution in [0.25, 0.3) is 0 Å². The third-order valence-electron chi connectivity index (χ3n) is 9.95. The van der Waals surface area contributed by atoms with Gasteiger partial charge in [-0.15, -0.1) is 13.2 Å². The summed E-state index contributed by atoms with van der Waals surface area (Å²) in [4.78, 5) is 30.6. The van der Waals surface area contributed by atoms with Gasteiger partial charge in [0.05, 0.1) is 59.8 Å². The van der Waals surface area contributed by atoms with E-state index < -0.39 is 24.0 Å². The van der Waals surface area contributed by atoms with E-state index in [1.165, 1.54) is 0 Å². The molecule has 2 aromatic rings. The monoisotopic (exact) mass is 721 g/mol. The Balaban J connectivity index is 1.56. The zero-order valence-corrected chi connectivity index (χ0v) is 31.6. The number of ether oxygens (including phenoxy) is 7. The molecule has 0 bridgehead atoms. The third kappa shape index (κ3) is 11.5. The van der Waals surface area contributed by atoms with Crippen molar-refractivity contribution in [2.45, 2.75) is 102 Å². The number of piperidine rings is 1. The van der Waals surface area contributed by atoms with E-state index in [-0.39, 0.29) is 24.5 Å². The van der Waals surface area contributed by atoms with Gasteiger partial charge in [0, 0.05) is 19.4 Å². The van der Waals surface area contributed by atoms with Crippen molar-refractivity contribution in [2.24, 2.45) is 5.92 Å². The molecule has 0 spiro atoms. The molecule has 1 saturated heterocycles. The number of rotatable bonds is 21. The van der Waals surface area contributed by atoms with Crippen LogP contribution in [0.4, 0.5) is 0 Å². The Kier molecular flexibility index (Phi) is 16.8. The molecule has 1 aliphatic heterocycles. The topological polar surface area (TPSA) is 102 Å². The summed E-state index contributed by atoms with van der Waals surface area (Å²) in [6.07, 6.45) is 11.1. The van der Waals surface area contributed by atoms with Crippen LogP contribution >= 0.6 is 0 Å². The van der Waals surface area contributed by atoms with Gasteiger partial charge in [-0.2, -0.15) is 0 Å². The third-order valence-corrected chi connectivity index (χ3v) is 9.95. The minimum atomic E-state index is -0.687. The van der Waals surface area contributed by atoms with Crippen LogP contribution in [0.15, 0.2) is 61.7 Å². The summed E-state index contributed by atoms with van der Waals surface area (Å²) in [5, 5.41) is 0. The van der Waals surface area contributed by atoms with Gasteiger partial charge in [-0.05, 0) is 80.3 Å². The van der Waals surface area contributed by atoms with E-state index in [1.807, 2.05) is 43.3 Å². The lowest BCUT2D eigenvalue weighted by molar-refractivity contribution is -0.164. The molecule has 0 aromatic heterocycles. The molecule has 52 heavy (non-hydrogen) atoms. The van der Waals surface area contributed by atoms with Gasteiger partial charge in [-0.1, -0.05) is 43.5 Å². The molecule has 0 unspecified atom stereocenters. The van der Waals surface area contributed by atoms with Crippen molar-refractivity contribution in [3.63, 3.8) is 0 Å². The first kappa shape index (κ1) is 40.7. The van der Waals surface area contributed by atoms with Gasteiger partial charge in [0.25, 0.3) is 0 Å². The minimum absolute atomic E-state index is 0.0615. The van der Waals surface area contributed by atoms with Gasteiger partial charge in [-0.25, -0.2) is 4.79 Å². The van der Waals surface area contributed by atoms with Gasteiger partial charge in [0.15, 0.2) is 11.5 Å². The van der Waals surface area contributed by atoms with Crippen molar-refractivity contribution >= 4 is 11.9 Å². The molecular weight excluding hydrogens is 662 g/mol. The molecule has 4 atom stereocenters. The predicted octanol–water partition coefficient (Wildman–Crippen LogP) is 7.82. The summed E-state index contributed by atoms with van der Waals surface area (Å²) in [5.41, 5.74) is 1.78. The molecule has 4 rings (SSSR count). The number of carbonyl (C=O) groups is 2. The second-order valence-electron chi connectivity index (χ2n) is 13.7. The quantitative estimate of drug-likeness (QED) is 0.0726. The highest BCUT2D eigenvalue weighted by molar-refractivity contribution is 5.89. The maximum absolute atomic E-state index is 14.9. The highest BCUT2D eigenvalue weighted by Gasteiger charge is 2.41. The number of methoxy groups -OCH3 is 3. The highest BCUT2D eigenvalue weighted by atomic mass is 16.6. The second-order valence-corrected chi connectivity index (χ2v) is 13.7. The van der Waals surface area contributed by atoms with Crippen molar-refractivity contribution in [1.29, 1.82) is 0 Å². The molecule has 2 aliphatic rings. The molecule has 1 heterocycles. The van der Waals surface area contributed by atoms with Crippen LogP contribution in [0.1, 0.15) is 88.2 Å². The minimum Gasteiger partial charge on any atom is -0.497 e. The van der Waals surface area contributed by atoms with E-state index in [4.69, 9.17) is 33.2 Å². The van der Waals surface area contributed by atoms with Crippen LogP contribution in [-0.2, 0) is 30.4 Å². The van der Waals surface area contributed by atoms with Crippen molar-refractivity contribution < 1.29 is 42.7 Å². The van der Waals surface area contributed by atoms with Crippen molar-refractivity contribution in [3.8, 4) is 23.0 Å². The maximum atomic E-state index is 14.9. The summed E-state index contributed by atoms with van der Waals surface area (Å²) in [7, 11) is 4.80. The Labute approximate surface area is 310 Å². The van der Waals surface area contributed by atoms with Gasteiger partial charge in [0.1, 0.15) is 17.9 Å². The van der Waals surface area contributed by atoms with Crippen LogP contribution in [0.3, 0.4) is 0 Å². The second kappa shape index (κ2) is 21.5. The summed E-state index contributed by atoms with van der Waals surface area (Å²) < 4.78 is 40.9. The molecule has 2 fully saturated rings. The van der Waals surface area contributed by atoms with Crippen molar-refractivity contribution in [2.75, 3.05) is 47.7 Å². The zero-order chi connectivity index (χ0) is 37.3. The summed E-state index contributed by atoms with van der Waals surface area (Å²) in [6, 6.07) is 10.8. The van der Waals surface area contributed by atoms with Gasteiger partial charge in [-0.3, -0.25) is 4.79 Å². The standard InChI is InChI=1S/C42H59NO9/c1-7-14-35(29-50-28-31-18-20-34(46-4)21-19-31)52-42(45)36-17-12-13-23-43(36)41(44)39(32-15-10-9-11-16-32)33-26-37(47-5)40(48-6)38(27-33)51-30(3)22-25-49-24-8-2/h7-8,18-21,26-27,30,32,35-36,39H,1-2,9-17,22-25,28-29H2,3-6H3/t30-,35-,36-,39-/m0/s1. The number of hydrogen-bond donors (Lipinski definition) is 0. The molecule has 0 N–H and O–H groups in total. The molecule has 0 radical (unpaired) electrons. The van der Waals surface area contributed by atoms with Crippen LogP contribution in [0, 0.1) is 5.92 Å². The number of carbonyl (C=O) groups excluding carboxylic acids is 2. The van der Waals surface area contributed by atoms with Crippen molar-refractivity contribution in [3.05, 3.63) is 72.8 Å². The fraction of sp³-hybridized carbons (Fsp3) is 0.571. The average Bonchev–Trinajstić information content (AvgIpc) is 3.17. The van der Waals surface area contributed by atoms with E-state index in [0.717, 1.165) is 61.8 Å². The fourth-order valence-electron chi connectivity index (χ4n) is 7.22. The number of likely N-dealkylation sites (tertiary alicyclic amines) is 1. The molecule has 1 amide bonds. The Morgan fingerprint density at radius 2 is 1.62 bits per heavy atom. The predicted molar refractivity (Wildman–Crippen MR) is 201 cm³/mol. The Morgan fingerprint density at radius 1 is 0.885 bits per heavy atom. The number of hydrogen-bond acceptors (Lipinski definition) is 9. The molecule has 286 valence electrons. The largest absolute Gasteiger partial charge is 0.497 e. The van der Waals surface area contributed by atoms with E-state index in [2.05, 4.69) is 13.2 Å². The molecule has 10 heteroatoms. The lowest BCUT2D eigenvalue weighted by atomic mass is 9.75. The fourth-order valence-corrected chi connectivity index (χ4v) is 7.22. The number of nitrogens with zero attached hydrogens (tertiary/aromatic N) is 1. The van der Waals surface area contributed by atoms with E-state index >= 15 is 0 Å². The molecule has 10 nitrogen and oxygen atoms in total. The maximum Gasteiger partial charge on any atom is 0.329 e. The van der Waals surface area contributed by atoms with E-state index in [9.17, 15) is 9.59 Å².